The van der Waals surface area contributed by atoms with E-state index in [0.29, 0.717) is 6.61 Å². The zero-order valence-corrected chi connectivity index (χ0v) is 9.81. The van der Waals surface area contributed by atoms with Gasteiger partial charge in [0.1, 0.15) is 0 Å². The monoisotopic (exact) mass is 224 g/mol. The summed E-state index contributed by atoms with van der Waals surface area (Å²) in [7, 11) is 0. The molecule has 0 aliphatic heterocycles. The topological polar surface area (TPSA) is 26.3 Å². The predicted molar refractivity (Wildman–Crippen MR) is 61.2 cm³/mol. The zero-order chi connectivity index (χ0) is 10.7. The lowest BCUT2D eigenvalue weighted by Crippen LogP contribution is -2.19. The Kier molecular flexibility index (Phi) is 3.41. The molecule has 1 unspecified atom stereocenters. The van der Waals surface area contributed by atoms with Crippen molar-refractivity contribution in [3.05, 3.63) is 21.9 Å². The largest absolute Gasteiger partial charge is 0.465 e. The van der Waals surface area contributed by atoms with Crippen LogP contribution in [0.2, 0.25) is 0 Å². The van der Waals surface area contributed by atoms with Gasteiger partial charge in [0.15, 0.2) is 0 Å². The number of hydrogen-bond acceptors (Lipinski definition) is 3. The first-order valence-electron chi connectivity index (χ1n) is 5.56. The molecule has 1 aliphatic carbocycles. The van der Waals surface area contributed by atoms with Gasteiger partial charge in [-0.15, -0.1) is 11.3 Å². The first-order valence-corrected chi connectivity index (χ1v) is 6.43. The standard InChI is InChI=1S/C12H16O2S/c1-2-7-14-12(13)10-4-3-5-11-9(10)6-8-15-11/h6,8,10H,2-5,7H2,1H3. The third-order valence-corrected chi connectivity index (χ3v) is 3.78. The normalized spacial score (nSPS) is 19.7. The molecule has 3 heteroatoms. The van der Waals surface area contributed by atoms with Crippen LogP contribution >= 0.6 is 11.3 Å². The van der Waals surface area contributed by atoms with Crippen molar-refractivity contribution in [3.8, 4) is 0 Å². The van der Waals surface area contributed by atoms with Crippen molar-refractivity contribution >= 4 is 17.3 Å². The molecule has 2 nitrogen and oxygen atoms in total. The summed E-state index contributed by atoms with van der Waals surface area (Å²) >= 11 is 1.76. The van der Waals surface area contributed by atoms with Gasteiger partial charge in [-0.25, -0.2) is 0 Å². The second kappa shape index (κ2) is 4.79. The molecule has 0 bridgehead atoms. The van der Waals surface area contributed by atoms with E-state index in [-0.39, 0.29) is 11.9 Å². The number of aryl methyl sites for hydroxylation is 1. The molecule has 0 aromatic carbocycles. The van der Waals surface area contributed by atoms with Crippen molar-refractivity contribution in [1.29, 1.82) is 0 Å². The molecule has 1 aliphatic rings. The Labute approximate surface area is 94.3 Å². The lowest BCUT2D eigenvalue weighted by Gasteiger charge is -2.20. The van der Waals surface area contributed by atoms with Crippen LogP contribution in [-0.4, -0.2) is 12.6 Å². The minimum absolute atomic E-state index is 0.00606. The molecular formula is C12H16O2S. The lowest BCUT2D eigenvalue weighted by atomic mass is 9.88. The van der Waals surface area contributed by atoms with Crippen LogP contribution in [0, 0.1) is 0 Å². The van der Waals surface area contributed by atoms with E-state index < -0.39 is 0 Å². The average Bonchev–Trinajstić information content (AvgIpc) is 2.73. The fourth-order valence-corrected chi connectivity index (χ4v) is 3.02. The van der Waals surface area contributed by atoms with Crippen LogP contribution in [0.3, 0.4) is 0 Å². The Bertz CT molecular complexity index is 343. The number of rotatable bonds is 3. The molecule has 1 aromatic rings. The second-order valence-corrected chi connectivity index (χ2v) is 4.91. The fraction of sp³-hybridized carbons (Fsp3) is 0.583. The number of ether oxygens (including phenoxy) is 1. The van der Waals surface area contributed by atoms with Crippen LogP contribution in [0.25, 0.3) is 0 Å². The Morgan fingerprint density at radius 3 is 3.33 bits per heavy atom. The average molecular weight is 224 g/mol. The van der Waals surface area contributed by atoms with Crippen LogP contribution in [0.1, 0.15) is 42.5 Å². The van der Waals surface area contributed by atoms with Crippen LogP contribution in [0.4, 0.5) is 0 Å². The predicted octanol–water partition coefficient (Wildman–Crippen LogP) is 3.12. The Hall–Kier alpha value is -0.830. The Morgan fingerprint density at radius 2 is 2.53 bits per heavy atom. The van der Waals surface area contributed by atoms with E-state index in [9.17, 15) is 4.79 Å². The summed E-state index contributed by atoms with van der Waals surface area (Å²) in [6.07, 6.45) is 4.09. The first kappa shape index (κ1) is 10.7. The summed E-state index contributed by atoms with van der Waals surface area (Å²) < 4.78 is 5.22. The van der Waals surface area contributed by atoms with Crippen LogP contribution in [0.15, 0.2) is 11.4 Å². The molecule has 0 radical (unpaired) electrons. The molecule has 82 valence electrons. The number of hydrogen-bond donors (Lipinski definition) is 0. The van der Waals surface area contributed by atoms with E-state index in [1.165, 1.54) is 10.4 Å². The van der Waals surface area contributed by atoms with Crippen LogP contribution in [-0.2, 0) is 16.0 Å². The quantitative estimate of drug-likeness (QED) is 0.737. The summed E-state index contributed by atoms with van der Waals surface area (Å²) in [5.41, 5.74) is 1.22. The summed E-state index contributed by atoms with van der Waals surface area (Å²) in [6.45, 7) is 2.57. The van der Waals surface area contributed by atoms with E-state index in [1.807, 2.05) is 6.92 Å². The highest BCUT2D eigenvalue weighted by Crippen LogP contribution is 2.35. The number of fused-ring (bicyclic) bond motifs is 1. The van der Waals surface area contributed by atoms with Gasteiger partial charge in [-0.2, -0.15) is 0 Å². The smallest absolute Gasteiger partial charge is 0.313 e. The number of esters is 1. The van der Waals surface area contributed by atoms with Crippen molar-refractivity contribution in [3.63, 3.8) is 0 Å². The van der Waals surface area contributed by atoms with Gasteiger partial charge in [0.25, 0.3) is 0 Å². The molecule has 1 aromatic heterocycles. The fourth-order valence-electron chi connectivity index (χ4n) is 2.03. The SMILES string of the molecule is CCCOC(=O)C1CCCc2sccc21. The third kappa shape index (κ3) is 2.23. The van der Waals surface area contributed by atoms with Crippen LogP contribution in [0.5, 0.6) is 0 Å². The molecule has 15 heavy (non-hydrogen) atoms. The van der Waals surface area contributed by atoms with E-state index in [2.05, 4.69) is 11.4 Å². The maximum absolute atomic E-state index is 11.8. The Morgan fingerprint density at radius 1 is 1.67 bits per heavy atom. The molecular weight excluding hydrogens is 208 g/mol. The van der Waals surface area contributed by atoms with Gasteiger partial charge in [-0.3, -0.25) is 4.79 Å². The van der Waals surface area contributed by atoms with E-state index in [0.717, 1.165) is 25.7 Å². The molecule has 0 saturated carbocycles. The number of thiophene rings is 1. The maximum Gasteiger partial charge on any atom is 0.313 e. The highest BCUT2D eigenvalue weighted by atomic mass is 32.1. The van der Waals surface area contributed by atoms with Crippen LogP contribution < -0.4 is 0 Å². The van der Waals surface area contributed by atoms with Gasteiger partial charge < -0.3 is 4.74 Å². The summed E-state index contributed by atoms with van der Waals surface area (Å²) in [5.74, 6) is -0.0252. The molecule has 0 amide bonds. The maximum atomic E-state index is 11.8. The summed E-state index contributed by atoms with van der Waals surface area (Å²) in [5, 5.41) is 2.08. The Balaban J connectivity index is 2.08. The van der Waals surface area contributed by atoms with E-state index >= 15 is 0 Å². The van der Waals surface area contributed by atoms with E-state index in [1.54, 1.807) is 11.3 Å². The molecule has 0 fully saturated rings. The van der Waals surface area contributed by atoms with Crippen molar-refractivity contribution in [2.75, 3.05) is 6.61 Å². The molecule has 1 atom stereocenters. The number of carbonyl (C=O) groups is 1. The second-order valence-electron chi connectivity index (χ2n) is 3.91. The summed E-state index contributed by atoms with van der Waals surface area (Å²) in [6, 6.07) is 2.08. The third-order valence-electron chi connectivity index (χ3n) is 2.78. The molecule has 1 heterocycles. The molecule has 0 saturated heterocycles. The van der Waals surface area contributed by atoms with Crippen molar-refractivity contribution in [2.24, 2.45) is 0 Å². The zero-order valence-electron chi connectivity index (χ0n) is 8.99. The first-order chi connectivity index (χ1) is 7.33. The van der Waals surface area contributed by atoms with Gasteiger partial charge in [0.05, 0.1) is 12.5 Å². The van der Waals surface area contributed by atoms with Gasteiger partial charge >= 0.3 is 5.97 Å². The molecule has 2 rings (SSSR count). The van der Waals surface area contributed by atoms with Gasteiger partial charge in [0, 0.05) is 4.88 Å². The molecule has 0 spiro atoms. The van der Waals surface area contributed by atoms with Crippen molar-refractivity contribution < 1.29 is 9.53 Å². The highest BCUT2D eigenvalue weighted by Gasteiger charge is 2.28. The van der Waals surface area contributed by atoms with Gasteiger partial charge in [0.2, 0.25) is 0 Å². The molecule has 0 N–H and O–H groups in total. The van der Waals surface area contributed by atoms with Gasteiger partial charge in [-0.05, 0) is 42.7 Å². The number of carbonyl (C=O) groups excluding carboxylic acids is 1. The van der Waals surface area contributed by atoms with Crippen molar-refractivity contribution in [2.45, 2.75) is 38.5 Å². The lowest BCUT2D eigenvalue weighted by molar-refractivity contribution is -0.145. The summed E-state index contributed by atoms with van der Waals surface area (Å²) in [4.78, 5) is 13.2. The van der Waals surface area contributed by atoms with Gasteiger partial charge in [-0.1, -0.05) is 6.92 Å². The van der Waals surface area contributed by atoms with E-state index in [4.69, 9.17) is 4.74 Å². The highest BCUT2D eigenvalue weighted by molar-refractivity contribution is 7.10. The van der Waals surface area contributed by atoms with Crippen molar-refractivity contribution in [1.82, 2.24) is 0 Å². The minimum Gasteiger partial charge on any atom is -0.465 e. The minimum atomic E-state index is -0.0313.